The van der Waals surface area contributed by atoms with Gasteiger partial charge in [-0.15, -0.1) is 0 Å². The Morgan fingerprint density at radius 1 is 1.38 bits per heavy atom. The van der Waals surface area contributed by atoms with Crippen LogP contribution in [0.5, 0.6) is 0 Å². The summed E-state index contributed by atoms with van der Waals surface area (Å²) in [5.74, 6) is 0.617. The summed E-state index contributed by atoms with van der Waals surface area (Å²) >= 11 is 0. The van der Waals surface area contributed by atoms with Crippen molar-refractivity contribution in [3.05, 3.63) is 0 Å². The van der Waals surface area contributed by atoms with Gasteiger partial charge < -0.3 is 10.5 Å². The number of nitrogens with two attached hydrogens (primary N) is 1. The number of ether oxygens (including phenoxy) is 1. The van der Waals surface area contributed by atoms with Crippen molar-refractivity contribution < 1.29 is 9.53 Å². The van der Waals surface area contributed by atoms with Crippen molar-refractivity contribution in [1.82, 2.24) is 0 Å². The lowest BCUT2D eigenvalue weighted by Gasteiger charge is -2.24. The lowest BCUT2D eigenvalue weighted by atomic mass is 9.88. The van der Waals surface area contributed by atoms with Crippen LogP contribution in [-0.4, -0.2) is 18.1 Å². The second-order valence-electron chi connectivity index (χ2n) is 5.55. The van der Waals surface area contributed by atoms with E-state index >= 15 is 0 Å². The standard InChI is InChI=1S/C13H27NO2/c1-6-7-11(9-14)10(2)8-12(15)16-13(3,4)5/h10-11H,6-9,14H2,1-5H3. The van der Waals surface area contributed by atoms with Crippen LogP contribution >= 0.6 is 0 Å². The van der Waals surface area contributed by atoms with E-state index in [2.05, 4.69) is 13.8 Å². The fraction of sp³-hybridized carbons (Fsp3) is 0.923. The van der Waals surface area contributed by atoms with E-state index in [0.29, 0.717) is 24.8 Å². The molecule has 0 aliphatic carbocycles. The molecule has 0 aromatic heterocycles. The molecule has 3 nitrogen and oxygen atoms in total. The minimum absolute atomic E-state index is 0.116. The number of hydrogen-bond donors (Lipinski definition) is 1. The highest BCUT2D eigenvalue weighted by molar-refractivity contribution is 5.70. The molecule has 2 unspecified atom stereocenters. The lowest BCUT2D eigenvalue weighted by molar-refractivity contribution is -0.156. The highest BCUT2D eigenvalue weighted by Gasteiger charge is 2.22. The summed E-state index contributed by atoms with van der Waals surface area (Å²) in [4.78, 5) is 11.6. The molecule has 0 aliphatic rings. The average molecular weight is 229 g/mol. The predicted octanol–water partition coefficient (Wildman–Crippen LogP) is 2.73. The van der Waals surface area contributed by atoms with Crippen molar-refractivity contribution in [2.24, 2.45) is 17.6 Å². The fourth-order valence-electron chi connectivity index (χ4n) is 1.82. The number of rotatable bonds is 6. The zero-order valence-electron chi connectivity index (χ0n) is 11.4. The van der Waals surface area contributed by atoms with E-state index in [4.69, 9.17) is 10.5 Å². The highest BCUT2D eigenvalue weighted by atomic mass is 16.6. The second kappa shape index (κ2) is 6.89. The zero-order valence-corrected chi connectivity index (χ0v) is 11.4. The first kappa shape index (κ1) is 15.4. The van der Waals surface area contributed by atoms with Gasteiger partial charge in [0.25, 0.3) is 0 Å². The van der Waals surface area contributed by atoms with Crippen LogP contribution in [0.15, 0.2) is 0 Å². The monoisotopic (exact) mass is 229 g/mol. The Morgan fingerprint density at radius 2 is 1.94 bits per heavy atom. The summed E-state index contributed by atoms with van der Waals surface area (Å²) in [5, 5.41) is 0. The Labute approximate surface area is 99.7 Å². The van der Waals surface area contributed by atoms with E-state index in [-0.39, 0.29) is 11.6 Å². The van der Waals surface area contributed by atoms with Crippen LogP contribution in [-0.2, 0) is 9.53 Å². The Hall–Kier alpha value is -0.570. The third kappa shape index (κ3) is 6.83. The summed E-state index contributed by atoms with van der Waals surface area (Å²) in [6.45, 7) is 10.5. The van der Waals surface area contributed by atoms with Gasteiger partial charge in [-0.05, 0) is 45.6 Å². The highest BCUT2D eigenvalue weighted by Crippen LogP contribution is 2.21. The molecule has 0 amide bonds. The van der Waals surface area contributed by atoms with Crippen LogP contribution in [0.3, 0.4) is 0 Å². The van der Waals surface area contributed by atoms with Gasteiger partial charge in [0.05, 0.1) is 0 Å². The molecule has 0 bridgehead atoms. The molecule has 0 fully saturated rings. The molecule has 0 saturated heterocycles. The first-order valence-corrected chi connectivity index (χ1v) is 6.22. The Balaban J connectivity index is 4.11. The molecule has 2 N–H and O–H groups in total. The minimum atomic E-state index is -0.389. The first-order valence-electron chi connectivity index (χ1n) is 6.22. The summed E-state index contributed by atoms with van der Waals surface area (Å²) in [7, 11) is 0. The van der Waals surface area contributed by atoms with Crippen molar-refractivity contribution in [3.63, 3.8) is 0 Å². The van der Waals surface area contributed by atoms with E-state index in [0.717, 1.165) is 12.8 Å². The van der Waals surface area contributed by atoms with Crippen LogP contribution in [0.4, 0.5) is 0 Å². The molecule has 0 heterocycles. The predicted molar refractivity (Wildman–Crippen MR) is 67.1 cm³/mol. The molecule has 3 heteroatoms. The van der Waals surface area contributed by atoms with Crippen molar-refractivity contribution in [2.75, 3.05) is 6.54 Å². The number of hydrogen-bond acceptors (Lipinski definition) is 3. The topological polar surface area (TPSA) is 52.3 Å². The quantitative estimate of drug-likeness (QED) is 0.712. The van der Waals surface area contributed by atoms with Crippen LogP contribution in [0.1, 0.15) is 53.9 Å². The Bertz CT molecular complexity index is 208. The Kier molecular flexibility index (Phi) is 6.65. The van der Waals surface area contributed by atoms with Gasteiger partial charge >= 0.3 is 5.97 Å². The van der Waals surface area contributed by atoms with Gasteiger partial charge in [0.15, 0.2) is 0 Å². The van der Waals surface area contributed by atoms with Gasteiger partial charge in [-0.3, -0.25) is 4.79 Å². The maximum absolute atomic E-state index is 11.6. The van der Waals surface area contributed by atoms with E-state index in [1.165, 1.54) is 0 Å². The maximum Gasteiger partial charge on any atom is 0.306 e. The molecule has 2 atom stereocenters. The van der Waals surface area contributed by atoms with Crippen LogP contribution in [0, 0.1) is 11.8 Å². The molecule has 0 aromatic carbocycles. The third-order valence-electron chi connectivity index (χ3n) is 2.68. The number of carbonyl (C=O) groups is 1. The van der Waals surface area contributed by atoms with Crippen LogP contribution < -0.4 is 5.73 Å². The molecular weight excluding hydrogens is 202 g/mol. The molecule has 0 spiro atoms. The van der Waals surface area contributed by atoms with Gasteiger partial charge in [-0.1, -0.05) is 20.3 Å². The lowest BCUT2D eigenvalue weighted by Crippen LogP contribution is -2.28. The number of carbonyl (C=O) groups excluding carboxylic acids is 1. The average Bonchev–Trinajstić information content (AvgIpc) is 2.10. The maximum atomic E-state index is 11.6. The smallest absolute Gasteiger partial charge is 0.306 e. The van der Waals surface area contributed by atoms with Gasteiger partial charge in [0.2, 0.25) is 0 Å². The summed E-state index contributed by atoms with van der Waals surface area (Å²) in [5.41, 5.74) is 5.32. The second-order valence-corrected chi connectivity index (χ2v) is 5.55. The van der Waals surface area contributed by atoms with E-state index in [9.17, 15) is 4.79 Å². The van der Waals surface area contributed by atoms with E-state index in [1.54, 1.807) is 0 Å². The van der Waals surface area contributed by atoms with Crippen molar-refractivity contribution >= 4 is 5.97 Å². The summed E-state index contributed by atoms with van der Waals surface area (Å²) in [6, 6.07) is 0. The largest absolute Gasteiger partial charge is 0.460 e. The molecule has 0 rings (SSSR count). The van der Waals surface area contributed by atoms with Gasteiger partial charge in [-0.2, -0.15) is 0 Å². The van der Waals surface area contributed by atoms with Crippen LogP contribution in [0.25, 0.3) is 0 Å². The third-order valence-corrected chi connectivity index (χ3v) is 2.68. The SMILES string of the molecule is CCCC(CN)C(C)CC(=O)OC(C)(C)C. The van der Waals surface area contributed by atoms with E-state index < -0.39 is 0 Å². The molecule has 0 radical (unpaired) electrons. The summed E-state index contributed by atoms with van der Waals surface area (Å²) < 4.78 is 5.30. The molecule has 0 aliphatic heterocycles. The fourth-order valence-corrected chi connectivity index (χ4v) is 1.82. The molecule has 16 heavy (non-hydrogen) atoms. The van der Waals surface area contributed by atoms with Crippen LogP contribution in [0.2, 0.25) is 0 Å². The Morgan fingerprint density at radius 3 is 2.31 bits per heavy atom. The molecule has 96 valence electrons. The van der Waals surface area contributed by atoms with Crippen molar-refractivity contribution in [3.8, 4) is 0 Å². The van der Waals surface area contributed by atoms with Crippen molar-refractivity contribution in [1.29, 1.82) is 0 Å². The van der Waals surface area contributed by atoms with Gasteiger partial charge in [-0.25, -0.2) is 0 Å². The normalized spacial score (nSPS) is 15.6. The first-order chi connectivity index (χ1) is 7.30. The molecular formula is C13H27NO2. The molecule has 0 aromatic rings. The van der Waals surface area contributed by atoms with Gasteiger partial charge in [0.1, 0.15) is 5.60 Å². The van der Waals surface area contributed by atoms with Gasteiger partial charge in [0, 0.05) is 6.42 Å². The number of esters is 1. The van der Waals surface area contributed by atoms with E-state index in [1.807, 2.05) is 20.8 Å². The summed E-state index contributed by atoms with van der Waals surface area (Å²) in [6.07, 6.45) is 2.67. The minimum Gasteiger partial charge on any atom is -0.460 e. The molecule has 0 saturated carbocycles. The zero-order chi connectivity index (χ0) is 12.8. The van der Waals surface area contributed by atoms with Crippen molar-refractivity contribution in [2.45, 2.75) is 59.5 Å².